The minimum atomic E-state index is -0.575. The van der Waals surface area contributed by atoms with Gasteiger partial charge in [0.1, 0.15) is 12.0 Å². The van der Waals surface area contributed by atoms with E-state index in [0.29, 0.717) is 11.1 Å². The van der Waals surface area contributed by atoms with Gasteiger partial charge in [-0.1, -0.05) is 28.1 Å². The van der Waals surface area contributed by atoms with Crippen molar-refractivity contribution in [2.24, 2.45) is 0 Å². The summed E-state index contributed by atoms with van der Waals surface area (Å²) < 4.78 is 14.7. The van der Waals surface area contributed by atoms with Crippen LogP contribution in [0.3, 0.4) is 0 Å². The van der Waals surface area contributed by atoms with Gasteiger partial charge in [-0.25, -0.2) is 4.39 Å². The number of carbonyl (C=O) groups is 1. The summed E-state index contributed by atoms with van der Waals surface area (Å²) in [4.78, 5) is 12.1. The zero-order valence-corrected chi connectivity index (χ0v) is 12.3. The monoisotopic (exact) mass is 334 g/mol. The number of amides is 1. The van der Waals surface area contributed by atoms with Crippen LogP contribution in [0.15, 0.2) is 40.9 Å². The van der Waals surface area contributed by atoms with Gasteiger partial charge >= 0.3 is 0 Å². The molecule has 20 heavy (non-hydrogen) atoms. The van der Waals surface area contributed by atoms with Crippen molar-refractivity contribution in [1.82, 2.24) is 5.32 Å². The number of carbonyl (C=O) groups excluding carboxylic acids is 1. The standard InChI is InChI=1S/C15H12BrFN2O/c1-8-3-2-4-10-13(8)18-14(19-15(10)20)11-7-9(16)5-6-12(11)17/h2-7,14,18H,1H3,(H,19,20). The molecule has 0 spiro atoms. The number of para-hydroxylation sites is 1. The number of nitrogens with one attached hydrogen (secondary N) is 2. The molecule has 0 saturated carbocycles. The third-order valence-electron chi connectivity index (χ3n) is 3.35. The number of anilines is 1. The number of hydrogen-bond acceptors (Lipinski definition) is 2. The van der Waals surface area contributed by atoms with Crippen LogP contribution >= 0.6 is 15.9 Å². The minimum absolute atomic E-state index is 0.202. The predicted molar refractivity (Wildman–Crippen MR) is 79.1 cm³/mol. The van der Waals surface area contributed by atoms with Crippen molar-refractivity contribution >= 4 is 27.5 Å². The molecule has 0 fully saturated rings. The zero-order valence-electron chi connectivity index (χ0n) is 10.7. The molecule has 0 radical (unpaired) electrons. The Morgan fingerprint density at radius 3 is 2.80 bits per heavy atom. The molecule has 1 atom stereocenters. The molecule has 2 aromatic carbocycles. The Morgan fingerprint density at radius 2 is 2.00 bits per heavy atom. The SMILES string of the molecule is Cc1cccc2c1NC(c1cc(Br)ccc1F)NC2=O. The van der Waals surface area contributed by atoms with E-state index in [1.54, 1.807) is 18.2 Å². The first kappa shape index (κ1) is 13.1. The van der Waals surface area contributed by atoms with E-state index >= 15 is 0 Å². The molecule has 1 amide bonds. The van der Waals surface area contributed by atoms with Crippen molar-refractivity contribution in [2.45, 2.75) is 13.1 Å². The number of hydrogen-bond donors (Lipinski definition) is 2. The molecule has 3 rings (SSSR count). The van der Waals surface area contributed by atoms with Gasteiger partial charge in [-0.2, -0.15) is 0 Å². The molecule has 1 heterocycles. The van der Waals surface area contributed by atoms with Crippen molar-refractivity contribution in [3.8, 4) is 0 Å². The lowest BCUT2D eigenvalue weighted by molar-refractivity contribution is 0.0935. The molecule has 0 saturated heterocycles. The maximum atomic E-state index is 13.9. The summed E-state index contributed by atoms with van der Waals surface area (Å²) in [7, 11) is 0. The van der Waals surface area contributed by atoms with Crippen molar-refractivity contribution in [1.29, 1.82) is 0 Å². The van der Waals surface area contributed by atoms with Crippen LogP contribution in [0.2, 0.25) is 0 Å². The number of rotatable bonds is 1. The fourth-order valence-corrected chi connectivity index (χ4v) is 2.71. The molecule has 0 bridgehead atoms. The van der Waals surface area contributed by atoms with E-state index in [2.05, 4.69) is 26.6 Å². The second kappa shape index (κ2) is 4.90. The molecule has 0 aromatic heterocycles. The van der Waals surface area contributed by atoms with Crippen LogP contribution in [-0.2, 0) is 0 Å². The van der Waals surface area contributed by atoms with Gasteiger partial charge in [-0.3, -0.25) is 4.79 Å². The Morgan fingerprint density at radius 1 is 1.20 bits per heavy atom. The second-order valence-electron chi connectivity index (χ2n) is 4.71. The molecule has 102 valence electrons. The zero-order chi connectivity index (χ0) is 14.3. The molecule has 3 nitrogen and oxygen atoms in total. The molecular weight excluding hydrogens is 323 g/mol. The topological polar surface area (TPSA) is 41.1 Å². The lowest BCUT2D eigenvalue weighted by Crippen LogP contribution is -2.39. The molecule has 1 unspecified atom stereocenters. The van der Waals surface area contributed by atoms with Gasteiger partial charge in [-0.05, 0) is 36.8 Å². The molecule has 0 aliphatic carbocycles. The van der Waals surface area contributed by atoms with Crippen molar-refractivity contribution in [3.63, 3.8) is 0 Å². The Bertz CT molecular complexity index is 702. The highest BCUT2D eigenvalue weighted by Gasteiger charge is 2.27. The average Bonchev–Trinajstić information content (AvgIpc) is 2.42. The lowest BCUT2D eigenvalue weighted by Gasteiger charge is -2.29. The highest BCUT2D eigenvalue weighted by Crippen LogP contribution is 2.31. The maximum Gasteiger partial charge on any atom is 0.255 e. The smallest absolute Gasteiger partial charge is 0.255 e. The third-order valence-corrected chi connectivity index (χ3v) is 3.84. The van der Waals surface area contributed by atoms with Crippen LogP contribution < -0.4 is 10.6 Å². The van der Waals surface area contributed by atoms with E-state index in [4.69, 9.17) is 0 Å². The summed E-state index contributed by atoms with van der Waals surface area (Å²) >= 11 is 3.32. The number of aryl methyl sites for hydroxylation is 1. The van der Waals surface area contributed by atoms with E-state index in [-0.39, 0.29) is 11.7 Å². The van der Waals surface area contributed by atoms with Crippen LogP contribution in [0.1, 0.15) is 27.7 Å². The van der Waals surface area contributed by atoms with E-state index in [0.717, 1.165) is 15.7 Å². The number of halogens is 2. The summed E-state index contributed by atoms with van der Waals surface area (Å²) in [6.07, 6.45) is -0.575. The predicted octanol–water partition coefficient (Wildman–Crippen LogP) is 3.75. The van der Waals surface area contributed by atoms with Gasteiger partial charge in [0.15, 0.2) is 0 Å². The fourth-order valence-electron chi connectivity index (χ4n) is 2.33. The molecule has 2 N–H and O–H groups in total. The highest BCUT2D eigenvalue weighted by molar-refractivity contribution is 9.10. The first-order valence-electron chi connectivity index (χ1n) is 6.18. The molecule has 1 aliphatic heterocycles. The molecule has 1 aliphatic rings. The average molecular weight is 335 g/mol. The summed E-state index contributed by atoms with van der Waals surface area (Å²) in [5.41, 5.74) is 2.69. The molecule has 2 aromatic rings. The summed E-state index contributed by atoms with van der Waals surface area (Å²) in [5, 5.41) is 5.96. The lowest BCUT2D eigenvalue weighted by atomic mass is 10.0. The normalized spacial score (nSPS) is 17.1. The van der Waals surface area contributed by atoms with E-state index in [1.807, 2.05) is 19.1 Å². The Balaban J connectivity index is 2.05. The fraction of sp³-hybridized carbons (Fsp3) is 0.133. The quantitative estimate of drug-likeness (QED) is 0.833. The van der Waals surface area contributed by atoms with Gasteiger partial charge in [0.2, 0.25) is 0 Å². The van der Waals surface area contributed by atoms with Gasteiger partial charge in [0, 0.05) is 10.0 Å². The van der Waals surface area contributed by atoms with Crippen molar-refractivity contribution < 1.29 is 9.18 Å². The highest BCUT2D eigenvalue weighted by atomic mass is 79.9. The van der Waals surface area contributed by atoms with Crippen LogP contribution in [0.25, 0.3) is 0 Å². The third kappa shape index (κ3) is 2.18. The van der Waals surface area contributed by atoms with Gasteiger partial charge in [0.05, 0.1) is 11.3 Å². The number of fused-ring (bicyclic) bond motifs is 1. The van der Waals surface area contributed by atoms with Gasteiger partial charge in [0.25, 0.3) is 5.91 Å². The summed E-state index contributed by atoms with van der Waals surface area (Å²) in [6, 6.07) is 10.2. The van der Waals surface area contributed by atoms with Crippen LogP contribution in [0, 0.1) is 12.7 Å². The Kier molecular flexibility index (Phi) is 3.22. The Labute approximate surface area is 124 Å². The van der Waals surface area contributed by atoms with E-state index < -0.39 is 6.17 Å². The van der Waals surface area contributed by atoms with E-state index in [1.165, 1.54) is 6.07 Å². The van der Waals surface area contributed by atoms with Crippen molar-refractivity contribution in [3.05, 3.63) is 63.4 Å². The van der Waals surface area contributed by atoms with Gasteiger partial charge in [-0.15, -0.1) is 0 Å². The van der Waals surface area contributed by atoms with Gasteiger partial charge < -0.3 is 10.6 Å². The van der Waals surface area contributed by atoms with Crippen LogP contribution in [0.4, 0.5) is 10.1 Å². The maximum absolute atomic E-state index is 13.9. The molecular formula is C15H12BrFN2O. The number of benzene rings is 2. The first-order chi connectivity index (χ1) is 9.56. The first-order valence-corrected chi connectivity index (χ1v) is 6.97. The second-order valence-corrected chi connectivity index (χ2v) is 5.63. The largest absolute Gasteiger partial charge is 0.361 e. The minimum Gasteiger partial charge on any atom is -0.361 e. The Hall–Kier alpha value is -1.88. The van der Waals surface area contributed by atoms with Crippen LogP contribution in [0.5, 0.6) is 0 Å². The summed E-state index contributed by atoms with van der Waals surface area (Å²) in [6.45, 7) is 1.92. The van der Waals surface area contributed by atoms with E-state index in [9.17, 15) is 9.18 Å². The summed E-state index contributed by atoms with van der Waals surface area (Å²) in [5.74, 6) is -0.560. The van der Waals surface area contributed by atoms with Crippen LogP contribution in [-0.4, -0.2) is 5.91 Å². The van der Waals surface area contributed by atoms with Crippen molar-refractivity contribution in [2.75, 3.05) is 5.32 Å². The molecule has 5 heteroatoms.